The van der Waals surface area contributed by atoms with Crippen LogP contribution in [0, 0.1) is 6.92 Å². The first kappa shape index (κ1) is 16.0. The lowest BCUT2D eigenvalue weighted by Crippen LogP contribution is -2.02. The highest BCUT2D eigenvalue weighted by molar-refractivity contribution is 7.18. The summed E-state index contributed by atoms with van der Waals surface area (Å²) in [4.78, 5) is 17.3. The summed E-state index contributed by atoms with van der Waals surface area (Å²) in [6, 6.07) is 14.9. The molecule has 0 amide bonds. The van der Waals surface area contributed by atoms with Gasteiger partial charge in [0.1, 0.15) is 16.4 Å². The highest BCUT2D eigenvalue weighted by Crippen LogP contribution is 2.32. The van der Waals surface area contributed by atoms with E-state index in [1.54, 1.807) is 19.2 Å². The normalized spacial score (nSPS) is 10.4. The van der Waals surface area contributed by atoms with E-state index in [0.29, 0.717) is 21.3 Å². The van der Waals surface area contributed by atoms with E-state index in [9.17, 15) is 4.79 Å². The monoisotopic (exact) mass is 339 g/mol. The van der Waals surface area contributed by atoms with Gasteiger partial charge in [0.25, 0.3) is 0 Å². The second-order valence-corrected chi connectivity index (χ2v) is 6.25. The molecule has 1 heterocycles. The third-order valence-corrected chi connectivity index (χ3v) is 4.51. The van der Waals surface area contributed by atoms with Gasteiger partial charge in [0.05, 0.1) is 12.8 Å². The Hall–Kier alpha value is -2.86. The predicted octanol–water partition coefficient (Wildman–Crippen LogP) is 4.02. The van der Waals surface area contributed by atoms with Crippen LogP contribution in [0.3, 0.4) is 0 Å². The fourth-order valence-electron chi connectivity index (χ4n) is 2.25. The summed E-state index contributed by atoms with van der Waals surface area (Å²) in [7, 11) is 1.60. The van der Waals surface area contributed by atoms with Crippen LogP contribution in [0.1, 0.15) is 20.8 Å². The number of nitrogen functional groups attached to an aromatic ring is 1. The number of benzene rings is 2. The van der Waals surface area contributed by atoms with E-state index in [1.807, 2.05) is 43.3 Å². The number of hydrogen-bond acceptors (Lipinski definition) is 6. The van der Waals surface area contributed by atoms with E-state index in [2.05, 4.69) is 10.3 Å². The van der Waals surface area contributed by atoms with Gasteiger partial charge in [0, 0.05) is 5.56 Å². The zero-order valence-corrected chi connectivity index (χ0v) is 14.2. The summed E-state index contributed by atoms with van der Waals surface area (Å²) in [5, 5.41) is 3.70. The van der Waals surface area contributed by atoms with Crippen LogP contribution >= 0.6 is 11.3 Å². The minimum Gasteiger partial charge on any atom is -0.495 e. The van der Waals surface area contributed by atoms with Gasteiger partial charge in [-0.3, -0.25) is 4.79 Å². The van der Waals surface area contributed by atoms with Gasteiger partial charge in [-0.2, -0.15) is 0 Å². The molecular weight excluding hydrogens is 322 g/mol. The van der Waals surface area contributed by atoms with Crippen LogP contribution in [0.2, 0.25) is 0 Å². The number of hydrogen-bond donors (Lipinski definition) is 2. The smallest absolute Gasteiger partial charge is 0.206 e. The minimum atomic E-state index is -0.127. The topological polar surface area (TPSA) is 77.2 Å². The van der Waals surface area contributed by atoms with Gasteiger partial charge in [-0.15, -0.1) is 0 Å². The molecule has 0 spiro atoms. The van der Waals surface area contributed by atoms with Gasteiger partial charge in [0.15, 0.2) is 5.13 Å². The maximum Gasteiger partial charge on any atom is 0.206 e. The van der Waals surface area contributed by atoms with Crippen LogP contribution in [-0.2, 0) is 0 Å². The number of carbonyl (C=O) groups is 1. The first-order valence-electron chi connectivity index (χ1n) is 7.36. The summed E-state index contributed by atoms with van der Waals surface area (Å²) < 4.78 is 5.30. The Labute approximate surface area is 144 Å². The van der Waals surface area contributed by atoms with Crippen LogP contribution in [-0.4, -0.2) is 17.9 Å². The van der Waals surface area contributed by atoms with Crippen molar-refractivity contribution in [2.45, 2.75) is 6.92 Å². The molecule has 5 nitrogen and oxygen atoms in total. The number of nitrogens with one attached hydrogen (secondary N) is 1. The van der Waals surface area contributed by atoms with Gasteiger partial charge in [-0.25, -0.2) is 4.98 Å². The molecule has 2 aromatic carbocycles. The number of nitrogens with two attached hydrogens (primary N) is 1. The number of methoxy groups -OCH3 is 1. The molecule has 3 N–H and O–H groups in total. The molecule has 0 unspecified atom stereocenters. The van der Waals surface area contributed by atoms with E-state index in [0.717, 1.165) is 11.3 Å². The number of carbonyl (C=O) groups excluding carboxylic acids is 1. The van der Waals surface area contributed by atoms with Crippen molar-refractivity contribution < 1.29 is 9.53 Å². The lowest BCUT2D eigenvalue weighted by Gasteiger charge is -2.07. The van der Waals surface area contributed by atoms with Crippen molar-refractivity contribution in [3.8, 4) is 5.75 Å². The highest BCUT2D eigenvalue weighted by Gasteiger charge is 2.18. The van der Waals surface area contributed by atoms with Crippen LogP contribution in [0.25, 0.3) is 0 Å². The van der Waals surface area contributed by atoms with E-state index in [1.165, 1.54) is 11.3 Å². The average molecular weight is 339 g/mol. The lowest BCUT2D eigenvalue weighted by atomic mass is 10.1. The fraction of sp³-hybridized carbons (Fsp3) is 0.111. The van der Waals surface area contributed by atoms with Gasteiger partial charge in [-0.1, -0.05) is 53.3 Å². The van der Waals surface area contributed by atoms with Crippen LogP contribution in [0.15, 0.2) is 48.5 Å². The zero-order valence-electron chi connectivity index (χ0n) is 13.4. The molecule has 0 aliphatic rings. The minimum absolute atomic E-state index is 0.127. The molecule has 0 radical (unpaired) electrons. The highest BCUT2D eigenvalue weighted by atomic mass is 32.1. The number of nitrogens with zero attached hydrogens (tertiary/aromatic N) is 1. The number of ether oxygens (including phenoxy) is 1. The second kappa shape index (κ2) is 6.72. The van der Waals surface area contributed by atoms with Crippen LogP contribution in [0.5, 0.6) is 5.75 Å². The van der Waals surface area contributed by atoms with Crippen molar-refractivity contribution in [2.24, 2.45) is 0 Å². The summed E-state index contributed by atoms with van der Waals surface area (Å²) in [6.07, 6.45) is 0. The Balaban J connectivity index is 1.87. The standard InChI is InChI=1S/C18H17N3O2S/c1-11-7-9-12(10-8-11)15(22)16-17(19)21-18(24-16)20-13-5-3-4-6-14(13)23-2/h3-10H,19H2,1-2H3,(H,20,21). The molecule has 3 aromatic rings. The van der Waals surface area contributed by atoms with Crippen LogP contribution < -0.4 is 15.8 Å². The van der Waals surface area contributed by atoms with E-state index < -0.39 is 0 Å². The number of para-hydroxylation sites is 2. The van der Waals surface area contributed by atoms with Crippen molar-refractivity contribution in [1.82, 2.24) is 4.98 Å². The maximum atomic E-state index is 12.6. The van der Waals surface area contributed by atoms with Crippen molar-refractivity contribution in [2.75, 3.05) is 18.2 Å². The predicted molar refractivity (Wildman–Crippen MR) is 97.4 cm³/mol. The van der Waals surface area contributed by atoms with Gasteiger partial charge in [-0.05, 0) is 19.1 Å². The first-order valence-corrected chi connectivity index (χ1v) is 8.18. The molecule has 24 heavy (non-hydrogen) atoms. The van der Waals surface area contributed by atoms with Crippen molar-refractivity contribution in [3.63, 3.8) is 0 Å². The molecule has 0 saturated carbocycles. The molecule has 0 aliphatic heterocycles. The Kier molecular flexibility index (Phi) is 4.48. The molecule has 0 bridgehead atoms. The number of aromatic nitrogens is 1. The maximum absolute atomic E-state index is 12.6. The molecule has 0 atom stereocenters. The molecule has 0 fully saturated rings. The third kappa shape index (κ3) is 3.23. The molecule has 3 rings (SSSR count). The Bertz CT molecular complexity index is 872. The van der Waals surface area contributed by atoms with E-state index in [-0.39, 0.29) is 11.6 Å². The van der Waals surface area contributed by atoms with Crippen LogP contribution in [0.4, 0.5) is 16.6 Å². The third-order valence-electron chi connectivity index (χ3n) is 3.52. The second-order valence-electron chi connectivity index (χ2n) is 5.25. The molecule has 0 aliphatic carbocycles. The summed E-state index contributed by atoms with van der Waals surface area (Å²) >= 11 is 1.23. The Morgan fingerprint density at radius 2 is 1.88 bits per heavy atom. The van der Waals surface area contributed by atoms with Crippen molar-refractivity contribution in [3.05, 3.63) is 64.5 Å². The molecule has 6 heteroatoms. The number of rotatable bonds is 5. The largest absolute Gasteiger partial charge is 0.495 e. The zero-order chi connectivity index (χ0) is 17.1. The molecular formula is C18H17N3O2S. The average Bonchev–Trinajstić information content (AvgIpc) is 2.96. The lowest BCUT2D eigenvalue weighted by molar-refractivity contribution is 0.104. The van der Waals surface area contributed by atoms with E-state index >= 15 is 0 Å². The first-order chi connectivity index (χ1) is 11.6. The number of aryl methyl sites for hydroxylation is 1. The summed E-state index contributed by atoms with van der Waals surface area (Å²) in [6.45, 7) is 1.98. The number of ketones is 1. The van der Waals surface area contributed by atoms with Gasteiger partial charge >= 0.3 is 0 Å². The number of anilines is 3. The SMILES string of the molecule is COc1ccccc1Nc1nc(N)c(C(=O)c2ccc(C)cc2)s1. The summed E-state index contributed by atoms with van der Waals surface area (Å²) in [5.41, 5.74) is 8.40. The van der Waals surface area contributed by atoms with E-state index in [4.69, 9.17) is 10.5 Å². The Morgan fingerprint density at radius 3 is 2.58 bits per heavy atom. The molecule has 0 saturated heterocycles. The summed E-state index contributed by atoms with van der Waals surface area (Å²) in [5.74, 6) is 0.790. The number of thiazole rings is 1. The fourth-order valence-corrected chi connectivity index (χ4v) is 3.11. The molecule has 1 aromatic heterocycles. The molecule has 122 valence electrons. The Morgan fingerprint density at radius 1 is 1.17 bits per heavy atom. The van der Waals surface area contributed by atoms with Crippen molar-refractivity contribution >= 4 is 33.8 Å². The van der Waals surface area contributed by atoms with Gasteiger partial charge in [0.2, 0.25) is 5.78 Å². The van der Waals surface area contributed by atoms with Crippen molar-refractivity contribution in [1.29, 1.82) is 0 Å². The van der Waals surface area contributed by atoms with Gasteiger partial charge < -0.3 is 15.8 Å². The quantitative estimate of drug-likeness (QED) is 0.687.